The monoisotopic (exact) mass is 264 g/mol. The lowest BCUT2D eigenvalue weighted by atomic mass is 10.1. The molecule has 0 radical (unpaired) electrons. The van der Waals surface area contributed by atoms with Gasteiger partial charge in [0.2, 0.25) is 0 Å². The predicted molar refractivity (Wildman–Crippen MR) is 81.5 cm³/mol. The van der Waals surface area contributed by atoms with E-state index < -0.39 is 0 Å². The Hall–Kier alpha value is -1.06. The van der Waals surface area contributed by atoms with Crippen LogP contribution >= 0.6 is 0 Å². The molecule has 1 rings (SSSR count). The van der Waals surface area contributed by atoms with E-state index in [-0.39, 0.29) is 6.04 Å². The van der Waals surface area contributed by atoms with Gasteiger partial charge in [-0.3, -0.25) is 4.90 Å². The molecule has 2 atom stereocenters. The third kappa shape index (κ3) is 4.84. The first-order chi connectivity index (χ1) is 9.12. The van der Waals surface area contributed by atoms with Crippen LogP contribution in [0.3, 0.4) is 0 Å². The highest BCUT2D eigenvalue weighted by molar-refractivity contribution is 5.29. The zero-order valence-corrected chi connectivity index (χ0v) is 12.7. The molecule has 0 aromatic heterocycles. The number of ether oxygens (including phenoxy) is 1. The summed E-state index contributed by atoms with van der Waals surface area (Å²) < 4.78 is 5.45. The zero-order valence-electron chi connectivity index (χ0n) is 12.7. The fraction of sp³-hybridized carbons (Fsp3) is 0.625. The molecule has 0 aliphatic rings. The number of likely N-dealkylation sites (N-methyl/N-ethyl adjacent to an activating group) is 1. The fourth-order valence-corrected chi connectivity index (χ4v) is 2.21. The Morgan fingerprint density at radius 2 is 1.79 bits per heavy atom. The molecule has 2 unspecified atom stereocenters. The van der Waals surface area contributed by atoms with Gasteiger partial charge in [0, 0.05) is 18.6 Å². The van der Waals surface area contributed by atoms with Crippen molar-refractivity contribution in [3.63, 3.8) is 0 Å². The van der Waals surface area contributed by atoms with Crippen molar-refractivity contribution in [2.24, 2.45) is 5.73 Å². The second-order valence-electron chi connectivity index (χ2n) is 4.95. The summed E-state index contributed by atoms with van der Waals surface area (Å²) >= 11 is 0. The normalized spacial score (nSPS) is 14.4. The minimum atomic E-state index is 0.0598. The maximum Gasteiger partial charge on any atom is 0.119 e. The Morgan fingerprint density at radius 3 is 2.26 bits per heavy atom. The first-order valence-electron chi connectivity index (χ1n) is 7.34. The van der Waals surface area contributed by atoms with Gasteiger partial charge in [-0.15, -0.1) is 0 Å². The van der Waals surface area contributed by atoms with Gasteiger partial charge in [-0.1, -0.05) is 26.0 Å². The van der Waals surface area contributed by atoms with E-state index in [1.807, 2.05) is 19.1 Å². The van der Waals surface area contributed by atoms with E-state index in [1.165, 1.54) is 5.56 Å². The molecule has 1 aromatic carbocycles. The molecule has 0 bridgehead atoms. The van der Waals surface area contributed by atoms with E-state index in [4.69, 9.17) is 10.5 Å². The average molecular weight is 264 g/mol. The summed E-state index contributed by atoms with van der Waals surface area (Å²) in [4.78, 5) is 2.43. The fourth-order valence-electron chi connectivity index (χ4n) is 2.21. The lowest BCUT2D eigenvalue weighted by molar-refractivity contribution is 0.202. The van der Waals surface area contributed by atoms with E-state index in [9.17, 15) is 0 Å². The molecule has 0 amide bonds. The molecule has 0 spiro atoms. The van der Waals surface area contributed by atoms with E-state index in [0.29, 0.717) is 12.6 Å². The van der Waals surface area contributed by atoms with Crippen molar-refractivity contribution in [2.75, 3.05) is 19.7 Å². The molecular weight excluding hydrogens is 236 g/mol. The van der Waals surface area contributed by atoms with E-state index in [2.05, 4.69) is 37.8 Å². The molecule has 0 saturated heterocycles. The van der Waals surface area contributed by atoms with Crippen LogP contribution < -0.4 is 10.5 Å². The number of hydrogen-bond acceptors (Lipinski definition) is 3. The molecule has 3 nitrogen and oxygen atoms in total. The second-order valence-corrected chi connectivity index (χ2v) is 4.95. The molecule has 19 heavy (non-hydrogen) atoms. The van der Waals surface area contributed by atoms with Crippen LogP contribution in [0.5, 0.6) is 5.75 Å². The van der Waals surface area contributed by atoms with Crippen molar-refractivity contribution in [3.8, 4) is 5.75 Å². The summed E-state index contributed by atoms with van der Waals surface area (Å²) in [6.07, 6.45) is 1.16. The summed E-state index contributed by atoms with van der Waals surface area (Å²) in [6, 6.07) is 8.78. The van der Waals surface area contributed by atoms with Crippen LogP contribution in [0.1, 0.15) is 45.7 Å². The number of nitrogens with zero attached hydrogens (tertiary/aromatic N) is 1. The van der Waals surface area contributed by atoms with Crippen LogP contribution in [0, 0.1) is 0 Å². The number of hydrogen-bond donors (Lipinski definition) is 1. The highest BCUT2D eigenvalue weighted by atomic mass is 16.5. The van der Waals surface area contributed by atoms with E-state index in [1.54, 1.807) is 0 Å². The Labute approximate surface area is 117 Å². The number of nitrogens with two attached hydrogens (primary N) is 1. The molecule has 108 valence electrons. The molecule has 0 aliphatic heterocycles. The van der Waals surface area contributed by atoms with Crippen LogP contribution in [0.25, 0.3) is 0 Å². The van der Waals surface area contributed by atoms with Gasteiger partial charge in [-0.2, -0.15) is 0 Å². The number of rotatable bonds is 8. The van der Waals surface area contributed by atoms with Crippen LogP contribution in [0.15, 0.2) is 24.3 Å². The van der Waals surface area contributed by atoms with Crippen molar-refractivity contribution < 1.29 is 4.74 Å². The summed E-state index contributed by atoms with van der Waals surface area (Å²) in [6.45, 7) is 11.3. The van der Waals surface area contributed by atoms with Gasteiger partial charge in [-0.05, 0) is 44.5 Å². The van der Waals surface area contributed by atoms with Gasteiger partial charge in [0.1, 0.15) is 5.75 Å². The van der Waals surface area contributed by atoms with Crippen molar-refractivity contribution in [1.82, 2.24) is 4.90 Å². The van der Waals surface area contributed by atoms with Gasteiger partial charge < -0.3 is 10.5 Å². The smallest absolute Gasteiger partial charge is 0.119 e. The van der Waals surface area contributed by atoms with Gasteiger partial charge in [-0.25, -0.2) is 0 Å². The first-order valence-corrected chi connectivity index (χ1v) is 7.34. The standard InChI is InChI=1S/C16H28N2O/c1-5-13(4)18(6-2)12-16(17)14-8-10-15(11-9-14)19-7-3/h8-11,13,16H,5-7,12,17H2,1-4H3. The molecule has 3 heteroatoms. The molecule has 2 N–H and O–H groups in total. The summed E-state index contributed by atoms with van der Waals surface area (Å²) in [5.41, 5.74) is 7.48. The van der Waals surface area contributed by atoms with Gasteiger partial charge in [0.05, 0.1) is 6.61 Å². The van der Waals surface area contributed by atoms with Gasteiger partial charge >= 0.3 is 0 Å². The molecule has 0 saturated carbocycles. The second kappa shape index (κ2) is 8.18. The molecular formula is C16H28N2O. The summed E-state index contributed by atoms with van der Waals surface area (Å²) in [5, 5.41) is 0. The summed E-state index contributed by atoms with van der Waals surface area (Å²) in [5.74, 6) is 0.910. The molecule has 0 aliphatic carbocycles. The Morgan fingerprint density at radius 1 is 1.16 bits per heavy atom. The lowest BCUT2D eigenvalue weighted by Crippen LogP contribution is -2.38. The van der Waals surface area contributed by atoms with Crippen LogP contribution in [0.2, 0.25) is 0 Å². The maximum atomic E-state index is 6.31. The van der Waals surface area contributed by atoms with Crippen molar-refractivity contribution in [1.29, 1.82) is 0 Å². The molecule has 0 heterocycles. The molecule has 1 aromatic rings. The Bertz CT molecular complexity index is 350. The van der Waals surface area contributed by atoms with Crippen LogP contribution in [-0.2, 0) is 0 Å². The van der Waals surface area contributed by atoms with Crippen LogP contribution in [-0.4, -0.2) is 30.6 Å². The average Bonchev–Trinajstić information content (AvgIpc) is 2.44. The highest BCUT2D eigenvalue weighted by Gasteiger charge is 2.15. The van der Waals surface area contributed by atoms with Crippen molar-refractivity contribution >= 4 is 0 Å². The van der Waals surface area contributed by atoms with Crippen molar-refractivity contribution in [3.05, 3.63) is 29.8 Å². The quantitative estimate of drug-likeness (QED) is 0.783. The Kier molecular flexibility index (Phi) is 6.89. The minimum absolute atomic E-state index is 0.0598. The van der Waals surface area contributed by atoms with Gasteiger partial charge in [0.15, 0.2) is 0 Å². The van der Waals surface area contributed by atoms with E-state index in [0.717, 1.165) is 25.3 Å². The summed E-state index contributed by atoms with van der Waals surface area (Å²) in [7, 11) is 0. The number of benzene rings is 1. The Balaban J connectivity index is 2.63. The largest absolute Gasteiger partial charge is 0.494 e. The third-order valence-electron chi connectivity index (χ3n) is 3.67. The SMILES string of the molecule is CCOc1ccc(C(N)CN(CC)C(C)CC)cc1. The predicted octanol–water partition coefficient (Wildman–Crippen LogP) is 3.21. The topological polar surface area (TPSA) is 38.5 Å². The highest BCUT2D eigenvalue weighted by Crippen LogP contribution is 2.18. The minimum Gasteiger partial charge on any atom is -0.494 e. The van der Waals surface area contributed by atoms with E-state index >= 15 is 0 Å². The van der Waals surface area contributed by atoms with Crippen molar-refractivity contribution in [2.45, 2.75) is 46.2 Å². The third-order valence-corrected chi connectivity index (χ3v) is 3.67. The zero-order chi connectivity index (χ0) is 14.3. The first kappa shape index (κ1) is 16.0. The van der Waals surface area contributed by atoms with Gasteiger partial charge in [0.25, 0.3) is 0 Å². The lowest BCUT2D eigenvalue weighted by Gasteiger charge is -2.29. The molecule has 0 fully saturated rings. The van der Waals surface area contributed by atoms with Crippen LogP contribution in [0.4, 0.5) is 0 Å². The maximum absolute atomic E-state index is 6.31.